The maximum atomic E-state index is 12.1. The molecular weight excluding hydrogens is 290 g/mol. The average Bonchev–Trinajstić information content (AvgIpc) is 2.75. The Morgan fingerprint density at radius 3 is 2.89 bits per heavy atom. The van der Waals surface area contributed by atoms with Gasteiger partial charge in [-0.05, 0) is 49.3 Å². The molecule has 0 heterocycles. The highest BCUT2D eigenvalue weighted by atomic mass is 79.9. The van der Waals surface area contributed by atoms with Gasteiger partial charge in [0.05, 0.1) is 0 Å². The van der Waals surface area contributed by atoms with Crippen LogP contribution in [-0.2, 0) is 0 Å². The molecule has 1 aliphatic rings. The Kier molecular flexibility index (Phi) is 4.44. The van der Waals surface area contributed by atoms with Crippen molar-refractivity contribution >= 4 is 21.8 Å². The number of carbonyl (C=O) groups is 1. The Morgan fingerprint density at radius 2 is 2.22 bits per heavy atom. The Balaban J connectivity index is 1.93. The summed E-state index contributed by atoms with van der Waals surface area (Å²) in [6.45, 7) is 5.08. The van der Waals surface area contributed by atoms with E-state index in [4.69, 9.17) is 0 Å². The molecule has 1 fully saturated rings. The van der Waals surface area contributed by atoms with Gasteiger partial charge >= 0.3 is 0 Å². The van der Waals surface area contributed by atoms with Crippen LogP contribution < -0.4 is 5.32 Å². The Hall–Kier alpha value is -0.830. The second kappa shape index (κ2) is 5.87. The summed E-state index contributed by atoms with van der Waals surface area (Å²) in [7, 11) is 0. The molecule has 98 valence electrons. The van der Waals surface area contributed by atoms with Gasteiger partial charge in [-0.1, -0.05) is 35.3 Å². The first kappa shape index (κ1) is 13.6. The first-order valence-electron chi connectivity index (χ1n) is 6.60. The second-order valence-electron chi connectivity index (χ2n) is 5.45. The minimum absolute atomic E-state index is 0.0494. The van der Waals surface area contributed by atoms with Crippen LogP contribution in [0.4, 0.5) is 0 Å². The van der Waals surface area contributed by atoms with E-state index in [1.165, 1.54) is 19.3 Å². The largest absolute Gasteiger partial charge is 0.352 e. The minimum Gasteiger partial charge on any atom is -0.352 e. The predicted octanol–water partition coefficient (Wildman–Crippen LogP) is 3.92. The van der Waals surface area contributed by atoms with Crippen molar-refractivity contribution in [2.75, 3.05) is 6.54 Å². The van der Waals surface area contributed by atoms with Gasteiger partial charge in [-0.3, -0.25) is 4.79 Å². The number of rotatable bonds is 3. The molecule has 0 radical (unpaired) electrons. The molecule has 2 rings (SSSR count). The molecular formula is C15H20BrNO. The van der Waals surface area contributed by atoms with Crippen LogP contribution in [0.15, 0.2) is 22.7 Å². The SMILES string of the molecule is Cc1ccc(Br)cc1C(=O)NCC1CCC(C)C1. The number of hydrogen-bond acceptors (Lipinski definition) is 1. The summed E-state index contributed by atoms with van der Waals surface area (Å²) in [5.74, 6) is 1.53. The molecule has 1 aromatic carbocycles. The van der Waals surface area contributed by atoms with Crippen molar-refractivity contribution in [1.29, 1.82) is 0 Å². The van der Waals surface area contributed by atoms with Gasteiger partial charge in [0.1, 0.15) is 0 Å². The van der Waals surface area contributed by atoms with Crippen molar-refractivity contribution < 1.29 is 4.79 Å². The molecule has 2 unspecified atom stereocenters. The van der Waals surface area contributed by atoms with Gasteiger partial charge in [-0.15, -0.1) is 0 Å². The fourth-order valence-electron chi connectivity index (χ4n) is 2.68. The first-order chi connectivity index (χ1) is 8.56. The summed E-state index contributed by atoms with van der Waals surface area (Å²) in [6, 6.07) is 5.82. The number of hydrogen-bond donors (Lipinski definition) is 1. The summed E-state index contributed by atoms with van der Waals surface area (Å²) in [6.07, 6.45) is 3.80. The summed E-state index contributed by atoms with van der Waals surface area (Å²) < 4.78 is 0.952. The lowest BCUT2D eigenvalue weighted by molar-refractivity contribution is 0.0946. The lowest BCUT2D eigenvalue weighted by atomic mass is 10.1. The average molecular weight is 310 g/mol. The van der Waals surface area contributed by atoms with E-state index in [2.05, 4.69) is 28.2 Å². The maximum Gasteiger partial charge on any atom is 0.251 e. The number of halogens is 1. The molecule has 0 saturated heterocycles. The van der Waals surface area contributed by atoms with E-state index in [0.29, 0.717) is 5.92 Å². The molecule has 1 aromatic rings. The highest BCUT2D eigenvalue weighted by molar-refractivity contribution is 9.10. The summed E-state index contributed by atoms with van der Waals surface area (Å²) in [5, 5.41) is 3.07. The van der Waals surface area contributed by atoms with E-state index < -0.39 is 0 Å². The quantitative estimate of drug-likeness (QED) is 0.900. The lowest BCUT2D eigenvalue weighted by Gasteiger charge is -2.12. The number of amides is 1. The van der Waals surface area contributed by atoms with E-state index in [0.717, 1.165) is 28.1 Å². The number of nitrogens with one attached hydrogen (secondary N) is 1. The highest BCUT2D eigenvalue weighted by Crippen LogP contribution is 2.29. The highest BCUT2D eigenvalue weighted by Gasteiger charge is 2.21. The zero-order valence-electron chi connectivity index (χ0n) is 11.0. The Labute approximate surface area is 117 Å². The van der Waals surface area contributed by atoms with Crippen LogP contribution in [0.1, 0.15) is 42.1 Å². The number of benzene rings is 1. The van der Waals surface area contributed by atoms with Crippen molar-refractivity contribution in [3.05, 3.63) is 33.8 Å². The molecule has 1 saturated carbocycles. The Bertz CT molecular complexity index is 444. The molecule has 1 N–H and O–H groups in total. The standard InChI is InChI=1S/C15H20BrNO/c1-10-3-5-12(7-10)9-17-15(18)14-8-13(16)6-4-11(14)2/h4,6,8,10,12H,3,5,7,9H2,1-2H3,(H,17,18). The number of aryl methyl sites for hydroxylation is 1. The number of carbonyl (C=O) groups excluding carboxylic acids is 1. The van der Waals surface area contributed by atoms with Crippen LogP contribution in [0.25, 0.3) is 0 Å². The van der Waals surface area contributed by atoms with Crippen LogP contribution in [0.5, 0.6) is 0 Å². The summed E-state index contributed by atoms with van der Waals surface area (Å²) in [5.41, 5.74) is 1.80. The third kappa shape index (κ3) is 3.35. The normalized spacial score (nSPS) is 23.1. The zero-order chi connectivity index (χ0) is 13.1. The third-order valence-corrected chi connectivity index (χ3v) is 4.29. The topological polar surface area (TPSA) is 29.1 Å². The monoisotopic (exact) mass is 309 g/mol. The molecule has 3 heteroatoms. The molecule has 18 heavy (non-hydrogen) atoms. The second-order valence-corrected chi connectivity index (χ2v) is 6.37. The van der Waals surface area contributed by atoms with Gasteiger partial charge in [-0.25, -0.2) is 0 Å². The fraction of sp³-hybridized carbons (Fsp3) is 0.533. The minimum atomic E-state index is 0.0494. The molecule has 0 spiro atoms. The van der Waals surface area contributed by atoms with Gasteiger partial charge in [0.25, 0.3) is 5.91 Å². The molecule has 0 bridgehead atoms. The summed E-state index contributed by atoms with van der Waals surface area (Å²) in [4.78, 5) is 12.1. The van der Waals surface area contributed by atoms with Crippen LogP contribution in [0.2, 0.25) is 0 Å². The van der Waals surface area contributed by atoms with Gasteiger partial charge in [0, 0.05) is 16.6 Å². The molecule has 0 aliphatic heterocycles. The molecule has 2 nitrogen and oxygen atoms in total. The Morgan fingerprint density at radius 1 is 1.44 bits per heavy atom. The molecule has 1 amide bonds. The fourth-order valence-corrected chi connectivity index (χ4v) is 3.04. The van der Waals surface area contributed by atoms with Crippen molar-refractivity contribution in [1.82, 2.24) is 5.32 Å². The van der Waals surface area contributed by atoms with Gasteiger partial charge in [-0.2, -0.15) is 0 Å². The van der Waals surface area contributed by atoms with Crippen molar-refractivity contribution in [2.24, 2.45) is 11.8 Å². The third-order valence-electron chi connectivity index (χ3n) is 3.80. The van der Waals surface area contributed by atoms with Crippen molar-refractivity contribution in [2.45, 2.75) is 33.1 Å². The molecule has 1 aliphatic carbocycles. The van der Waals surface area contributed by atoms with Gasteiger partial charge < -0.3 is 5.32 Å². The van der Waals surface area contributed by atoms with E-state index in [9.17, 15) is 4.79 Å². The van der Waals surface area contributed by atoms with E-state index in [1.54, 1.807) is 0 Å². The smallest absolute Gasteiger partial charge is 0.251 e. The van der Waals surface area contributed by atoms with E-state index in [-0.39, 0.29) is 5.91 Å². The molecule has 0 aromatic heterocycles. The van der Waals surface area contributed by atoms with Gasteiger partial charge in [0.2, 0.25) is 0 Å². The maximum absolute atomic E-state index is 12.1. The summed E-state index contributed by atoms with van der Waals surface area (Å²) >= 11 is 3.41. The predicted molar refractivity (Wildman–Crippen MR) is 77.7 cm³/mol. The lowest BCUT2D eigenvalue weighted by Crippen LogP contribution is -2.29. The first-order valence-corrected chi connectivity index (χ1v) is 7.40. The van der Waals surface area contributed by atoms with E-state index >= 15 is 0 Å². The molecule has 2 atom stereocenters. The van der Waals surface area contributed by atoms with Crippen LogP contribution in [0.3, 0.4) is 0 Å². The van der Waals surface area contributed by atoms with Crippen LogP contribution >= 0.6 is 15.9 Å². The van der Waals surface area contributed by atoms with E-state index in [1.807, 2.05) is 25.1 Å². The van der Waals surface area contributed by atoms with Crippen molar-refractivity contribution in [3.8, 4) is 0 Å². The van der Waals surface area contributed by atoms with Crippen molar-refractivity contribution in [3.63, 3.8) is 0 Å². The van der Waals surface area contributed by atoms with Crippen LogP contribution in [-0.4, -0.2) is 12.5 Å². The zero-order valence-corrected chi connectivity index (χ0v) is 12.6. The van der Waals surface area contributed by atoms with Gasteiger partial charge in [0.15, 0.2) is 0 Å². The van der Waals surface area contributed by atoms with Crippen LogP contribution in [0, 0.1) is 18.8 Å².